The minimum absolute atomic E-state index is 0.0515. The average Bonchev–Trinajstić information content (AvgIpc) is 3.17. The lowest BCUT2D eigenvalue weighted by molar-refractivity contribution is -0.0258. The van der Waals surface area contributed by atoms with Gasteiger partial charge in [-0.3, -0.25) is 9.63 Å². The van der Waals surface area contributed by atoms with Gasteiger partial charge in [0.15, 0.2) is 5.82 Å². The Hall–Kier alpha value is -2.73. The molecular weight excluding hydrogens is 428 g/mol. The standard InChI is InChI=1S/C19H20N4O5S2/c1-13-20-18(28-22-13)12-29-17-7-5-4-6-16(17)19(24)21-14-8-10-15(11-9-14)30(25,26)23(2)27-3/h4-11H,12H2,1-3H3,(H,21,24). The second-order valence-corrected chi connectivity index (χ2v) is 9.05. The van der Waals surface area contributed by atoms with E-state index in [1.807, 2.05) is 12.1 Å². The highest BCUT2D eigenvalue weighted by atomic mass is 32.2. The number of thioether (sulfide) groups is 1. The average molecular weight is 449 g/mol. The predicted molar refractivity (Wildman–Crippen MR) is 111 cm³/mol. The molecule has 0 aliphatic heterocycles. The smallest absolute Gasteiger partial charge is 0.264 e. The third-order valence-electron chi connectivity index (χ3n) is 4.06. The van der Waals surface area contributed by atoms with Gasteiger partial charge in [-0.15, -0.1) is 11.8 Å². The fourth-order valence-electron chi connectivity index (χ4n) is 2.47. The lowest BCUT2D eigenvalue weighted by Crippen LogP contribution is -2.25. The molecule has 0 fully saturated rings. The van der Waals surface area contributed by atoms with Gasteiger partial charge >= 0.3 is 0 Å². The summed E-state index contributed by atoms with van der Waals surface area (Å²) in [6.45, 7) is 1.74. The van der Waals surface area contributed by atoms with E-state index in [0.717, 1.165) is 9.36 Å². The number of hydrogen-bond acceptors (Lipinski definition) is 8. The van der Waals surface area contributed by atoms with Gasteiger partial charge in [-0.05, 0) is 43.3 Å². The van der Waals surface area contributed by atoms with Crippen molar-refractivity contribution in [2.24, 2.45) is 0 Å². The molecule has 2 aromatic carbocycles. The molecule has 0 aliphatic carbocycles. The normalized spacial score (nSPS) is 11.6. The monoisotopic (exact) mass is 448 g/mol. The molecular formula is C19H20N4O5S2. The maximum atomic E-state index is 12.8. The Morgan fingerprint density at radius 1 is 1.20 bits per heavy atom. The van der Waals surface area contributed by atoms with Crippen LogP contribution in [0.25, 0.3) is 0 Å². The summed E-state index contributed by atoms with van der Waals surface area (Å²) in [4.78, 5) is 22.5. The molecule has 158 valence electrons. The molecule has 30 heavy (non-hydrogen) atoms. The molecule has 1 heterocycles. The Labute approximate surface area is 178 Å². The number of aromatic nitrogens is 2. The second kappa shape index (κ2) is 9.39. The summed E-state index contributed by atoms with van der Waals surface area (Å²) < 4.78 is 30.4. The molecule has 3 rings (SSSR count). The largest absolute Gasteiger partial charge is 0.338 e. The van der Waals surface area contributed by atoms with Crippen LogP contribution in [0.15, 0.2) is 62.8 Å². The number of nitrogens with one attached hydrogen (secondary N) is 1. The van der Waals surface area contributed by atoms with Gasteiger partial charge < -0.3 is 9.84 Å². The van der Waals surface area contributed by atoms with Crippen molar-refractivity contribution in [3.05, 3.63) is 65.8 Å². The van der Waals surface area contributed by atoms with Crippen LogP contribution in [-0.4, -0.2) is 43.1 Å². The third kappa shape index (κ3) is 5.05. The molecule has 11 heteroatoms. The summed E-state index contributed by atoms with van der Waals surface area (Å²) in [5, 5.41) is 6.53. The second-order valence-electron chi connectivity index (χ2n) is 6.10. The zero-order chi connectivity index (χ0) is 21.7. The molecule has 0 aliphatic rings. The first-order valence-electron chi connectivity index (χ1n) is 8.76. The topological polar surface area (TPSA) is 115 Å². The molecule has 0 unspecified atom stereocenters. The molecule has 1 amide bonds. The molecule has 1 N–H and O–H groups in total. The van der Waals surface area contributed by atoms with Gasteiger partial charge in [-0.2, -0.15) is 4.98 Å². The molecule has 0 spiro atoms. The quantitative estimate of drug-likeness (QED) is 0.413. The van der Waals surface area contributed by atoms with Crippen molar-refractivity contribution in [3.63, 3.8) is 0 Å². The summed E-state index contributed by atoms with van der Waals surface area (Å²) in [6.07, 6.45) is 0. The van der Waals surface area contributed by atoms with Crippen LogP contribution in [0.4, 0.5) is 5.69 Å². The van der Waals surface area contributed by atoms with Gasteiger partial charge in [0.2, 0.25) is 5.89 Å². The van der Waals surface area contributed by atoms with Crippen molar-refractivity contribution in [2.45, 2.75) is 22.5 Å². The first kappa shape index (κ1) is 22.0. The Kier molecular flexibility index (Phi) is 6.87. The van der Waals surface area contributed by atoms with E-state index >= 15 is 0 Å². The number of rotatable bonds is 8. The highest BCUT2D eigenvalue weighted by Crippen LogP contribution is 2.27. The van der Waals surface area contributed by atoms with E-state index in [1.54, 1.807) is 19.1 Å². The lowest BCUT2D eigenvalue weighted by atomic mass is 10.2. The molecule has 0 radical (unpaired) electrons. The van der Waals surface area contributed by atoms with Crippen molar-refractivity contribution in [3.8, 4) is 0 Å². The van der Waals surface area contributed by atoms with Crippen molar-refractivity contribution < 1.29 is 22.6 Å². The number of carbonyl (C=O) groups is 1. The molecule has 1 aromatic heterocycles. The third-order valence-corrected chi connectivity index (χ3v) is 6.81. The van der Waals surface area contributed by atoms with Gasteiger partial charge in [0.25, 0.3) is 15.9 Å². The Balaban J connectivity index is 1.72. The van der Waals surface area contributed by atoms with E-state index in [-0.39, 0.29) is 10.8 Å². The van der Waals surface area contributed by atoms with Crippen LogP contribution in [0.2, 0.25) is 0 Å². The van der Waals surface area contributed by atoms with Gasteiger partial charge in [0, 0.05) is 17.6 Å². The van der Waals surface area contributed by atoms with Gasteiger partial charge in [0.05, 0.1) is 23.3 Å². The van der Waals surface area contributed by atoms with E-state index in [1.165, 1.54) is 50.2 Å². The highest BCUT2D eigenvalue weighted by Gasteiger charge is 2.20. The summed E-state index contributed by atoms with van der Waals surface area (Å²) in [5.74, 6) is 1.15. The molecule has 9 nitrogen and oxygen atoms in total. The Morgan fingerprint density at radius 2 is 1.90 bits per heavy atom. The van der Waals surface area contributed by atoms with Crippen LogP contribution >= 0.6 is 11.8 Å². The van der Waals surface area contributed by atoms with Crippen LogP contribution in [0.5, 0.6) is 0 Å². The van der Waals surface area contributed by atoms with Crippen molar-refractivity contribution >= 4 is 33.4 Å². The molecule has 0 bridgehead atoms. The van der Waals surface area contributed by atoms with Crippen LogP contribution in [0.1, 0.15) is 22.1 Å². The predicted octanol–water partition coefficient (Wildman–Crippen LogP) is 3.10. The lowest BCUT2D eigenvalue weighted by Gasteiger charge is -2.14. The molecule has 0 atom stereocenters. The highest BCUT2D eigenvalue weighted by molar-refractivity contribution is 7.98. The van der Waals surface area contributed by atoms with E-state index in [4.69, 9.17) is 9.36 Å². The maximum absolute atomic E-state index is 12.8. The fourth-order valence-corrected chi connectivity index (χ4v) is 4.33. The van der Waals surface area contributed by atoms with E-state index < -0.39 is 10.0 Å². The summed E-state index contributed by atoms with van der Waals surface area (Å²) >= 11 is 1.41. The molecule has 3 aromatic rings. The zero-order valence-corrected chi connectivity index (χ0v) is 18.2. The Bertz CT molecular complexity index is 1130. The number of anilines is 1. The van der Waals surface area contributed by atoms with E-state index in [0.29, 0.717) is 28.7 Å². The fraction of sp³-hybridized carbons (Fsp3) is 0.211. The van der Waals surface area contributed by atoms with Crippen LogP contribution in [0.3, 0.4) is 0 Å². The number of hydroxylamine groups is 1. The number of benzene rings is 2. The van der Waals surface area contributed by atoms with E-state index in [9.17, 15) is 13.2 Å². The summed E-state index contributed by atoms with van der Waals surface area (Å²) in [7, 11) is -1.18. The maximum Gasteiger partial charge on any atom is 0.264 e. The Morgan fingerprint density at radius 3 is 2.53 bits per heavy atom. The minimum atomic E-state index is -3.75. The van der Waals surface area contributed by atoms with Crippen molar-refractivity contribution in [2.75, 3.05) is 19.5 Å². The number of sulfonamides is 1. The van der Waals surface area contributed by atoms with Gasteiger partial charge in [-0.1, -0.05) is 21.8 Å². The number of hydrogen-bond donors (Lipinski definition) is 1. The number of aryl methyl sites for hydroxylation is 1. The number of nitrogens with zero attached hydrogens (tertiary/aromatic N) is 3. The zero-order valence-electron chi connectivity index (χ0n) is 16.5. The van der Waals surface area contributed by atoms with Gasteiger partial charge in [0.1, 0.15) is 0 Å². The van der Waals surface area contributed by atoms with E-state index in [2.05, 4.69) is 15.5 Å². The van der Waals surface area contributed by atoms with Crippen LogP contribution < -0.4 is 5.32 Å². The van der Waals surface area contributed by atoms with Crippen LogP contribution in [0, 0.1) is 6.92 Å². The summed E-state index contributed by atoms with van der Waals surface area (Å²) in [5.41, 5.74) is 0.945. The van der Waals surface area contributed by atoms with Crippen molar-refractivity contribution in [1.82, 2.24) is 14.6 Å². The molecule has 0 saturated carbocycles. The molecule has 0 saturated heterocycles. The van der Waals surface area contributed by atoms with Crippen molar-refractivity contribution in [1.29, 1.82) is 0 Å². The minimum Gasteiger partial charge on any atom is -0.338 e. The summed E-state index contributed by atoms with van der Waals surface area (Å²) in [6, 6.07) is 13.0. The number of amides is 1. The van der Waals surface area contributed by atoms with Crippen LogP contribution in [-0.2, 0) is 20.6 Å². The SMILES string of the molecule is CON(C)S(=O)(=O)c1ccc(NC(=O)c2ccccc2SCc2nc(C)no2)cc1. The first-order chi connectivity index (χ1) is 14.3. The number of carbonyl (C=O) groups excluding carboxylic acids is 1. The first-order valence-corrected chi connectivity index (χ1v) is 11.2. The van der Waals surface area contributed by atoms with Gasteiger partial charge in [-0.25, -0.2) is 8.42 Å².